The molecule has 1 rings (SSSR count). The summed E-state index contributed by atoms with van der Waals surface area (Å²) in [7, 11) is 0. The standard InChI is InChI=1S/C9H16N2S/c1-3-7(2)12-9-4-5-11-6-8(9)10/h3,11H,4-6,10H2,1-2H3/b7-3-. The lowest BCUT2D eigenvalue weighted by atomic mass is 10.2. The highest BCUT2D eigenvalue weighted by atomic mass is 32.2. The van der Waals surface area contributed by atoms with Crippen LogP contribution in [-0.4, -0.2) is 13.1 Å². The summed E-state index contributed by atoms with van der Waals surface area (Å²) in [4.78, 5) is 2.67. The zero-order valence-corrected chi connectivity index (χ0v) is 8.50. The second kappa shape index (κ2) is 4.58. The Morgan fingerprint density at radius 1 is 1.67 bits per heavy atom. The fourth-order valence-electron chi connectivity index (χ4n) is 1.05. The van der Waals surface area contributed by atoms with E-state index in [1.54, 1.807) is 11.8 Å². The van der Waals surface area contributed by atoms with E-state index in [-0.39, 0.29) is 0 Å². The van der Waals surface area contributed by atoms with Gasteiger partial charge in [-0.05, 0) is 25.2 Å². The molecule has 0 fully saturated rings. The first kappa shape index (κ1) is 9.68. The van der Waals surface area contributed by atoms with Crippen LogP contribution in [0.3, 0.4) is 0 Å². The Kier molecular flexibility index (Phi) is 3.69. The second-order valence-electron chi connectivity index (χ2n) is 2.88. The van der Waals surface area contributed by atoms with Gasteiger partial charge in [0.15, 0.2) is 0 Å². The van der Waals surface area contributed by atoms with Gasteiger partial charge in [-0.15, -0.1) is 0 Å². The molecule has 68 valence electrons. The number of hydrogen-bond donors (Lipinski definition) is 2. The molecule has 0 saturated carbocycles. The molecule has 1 aliphatic rings. The van der Waals surface area contributed by atoms with Crippen molar-refractivity contribution in [3.05, 3.63) is 21.6 Å². The number of rotatable bonds is 2. The third-order valence-electron chi connectivity index (χ3n) is 1.89. The first-order chi connectivity index (χ1) is 5.74. The number of thioether (sulfide) groups is 1. The third kappa shape index (κ3) is 2.57. The minimum absolute atomic E-state index is 0.847. The lowest BCUT2D eigenvalue weighted by molar-refractivity contribution is 0.691. The molecule has 1 aliphatic heterocycles. The van der Waals surface area contributed by atoms with E-state index < -0.39 is 0 Å². The highest BCUT2D eigenvalue weighted by molar-refractivity contribution is 8.06. The van der Waals surface area contributed by atoms with Crippen molar-refractivity contribution in [1.29, 1.82) is 0 Å². The lowest BCUT2D eigenvalue weighted by Crippen LogP contribution is -2.28. The average Bonchev–Trinajstić information content (AvgIpc) is 2.09. The van der Waals surface area contributed by atoms with Gasteiger partial charge in [0, 0.05) is 23.7 Å². The maximum absolute atomic E-state index is 5.85. The molecular weight excluding hydrogens is 168 g/mol. The molecule has 0 bridgehead atoms. The molecule has 2 nitrogen and oxygen atoms in total. The summed E-state index contributed by atoms with van der Waals surface area (Å²) in [5.41, 5.74) is 6.86. The molecule has 0 atom stereocenters. The Balaban J connectivity index is 2.60. The van der Waals surface area contributed by atoms with E-state index in [9.17, 15) is 0 Å². The highest BCUT2D eigenvalue weighted by Gasteiger charge is 2.09. The van der Waals surface area contributed by atoms with Crippen molar-refractivity contribution in [3.8, 4) is 0 Å². The molecule has 0 aromatic carbocycles. The molecule has 1 heterocycles. The minimum Gasteiger partial charge on any atom is -0.400 e. The van der Waals surface area contributed by atoms with Gasteiger partial charge in [-0.25, -0.2) is 0 Å². The van der Waals surface area contributed by atoms with Gasteiger partial charge >= 0.3 is 0 Å². The summed E-state index contributed by atoms with van der Waals surface area (Å²) in [5, 5.41) is 3.24. The van der Waals surface area contributed by atoms with Crippen LogP contribution in [0.2, 0.25) is 0 Å². The lowest BCUT2D eigenvalue weighted by Gasteiger charge is -2.17. The monoisotopic (exact) mass is 184 g/mol. The van der Waals surface area contributed by atoms with E-state index in [4.69, 9.17) is 5.73 Å². The molecule has 0 amide bonds. The first-order valence-corrected chi connectivity index (χ1v) is 5.04. The van der Waals surface area contributed by atoms with Gasteiger partial charge in [0.25, 0.3) is 0 Å². The van der Waals surface area contributed by atoms with Crippen molar-refractivity contribution in [2.75, 3.05) is 13.1 Å². The fourth-order valence-corrected chi connectivity index (χ4v) is 1.97. The molecular formula is C9H16N2S. The third-order valence-corrected chi connectivity index (χ3v) is 3.16. The molecule has 0 aromatic rings. The predicted molar refractivity (Wildman–Crippen MR) is 55.7 cm³/mol. The Bertz CT molecular complexity index is 219. The van der Waals surface area contributed by atoms with E-state index in [1.807, 2.05) is 0 Å². The predicted octanol–water partition coefficient (Wildman–Crippen LogP) is 1.81. The van der Waals surface area contributed by atoms with Gasteiger partial charge in [-0.1, -0.05) is 17.8 Å². The first-order valence-electron chi connectivity index (χ1n) is 4.23. The van der Waals surface area contributed by atoms with E-state index >= 15 is 0 Å². The largest absolute Gasteiger partial charge is 0.400 e. The molecule has 0 saturated heterocycles. The summed E-state index contributed by atoms with van der Waals surface area (Å²) < 4.78 is 0. The van der Waals surface area contributed by atoms with E-state index in [1.165, 1.54) is 9.81 Å². The zero-order valence-electron chi connectivity index (χ0n) is 7.68. The molecule has 3 N–H and O–H groups in total. The number of hydrogen-bond acceptors (Lipinski definition) is 3. The van der Waals surface area contributed by atoms with Crippen LogP contribution in [0.5, 0.6) is 0 Å². The van der Waals surface area contributed by atoms with Crippen molar-refractivity contribution >= 4 is 11.8 Å². The number of nitrogens with one attached hydrogen (secondary N) is 1. The molecule has 0 spiro atoms. The van der Waals surface area contributed by atoms with Crippen molar-refractivity contribution in [1.82, 2.24) is 5.32 Å². The smallest absolute Gasteiger partial charge is 0.0360 e. The summed E-state index contributed by atoms with van der Waals surface area (Å²) in [6.07, 6.45) is 3.19. The highest BCUT2D eigenvalue weighted by Crippen LogP contribution is 2.29. The molecule has 0 radical (unpaired) electrons. The maximum Gasteiger partial charge on any atom is 0.0360 e. The van der Waals surface area contributed by atoms with Crippen LogP contribution in [-0.2, 0) is 0 Å². The van der Waals surface area contributed by atoms with Crippen molar-refractivity contribution < 1.29 is 0 Å². The van der Waals surface area contributed by atoms with Gasteiger partial charge in [-0.3, -0.25) is 0 Å². The van der Waals surface area contributed by atoms with Crippen LogP contribution in [0.15, 0.2) is 21.6 Å². The quantitative estimate of drug-likeness (QED) is 0.687. The Morgan fingerprint density at radius 3 is 3.00 bits per heavy atom. The second-order valence-corrected chi connectivity index (χ2v) is 4.22. The molecule has 0 aliphatic carbocycles. The van der Waals surface area contributed by atoms with Crippen LogP contribution >= 0.6 is 11.8 Å². The van der Waals surface area contributed by atoms with Gasteiger partial charge in [0.05, 0.1) is 0 Å². The summed E-state index contributed by atoms with van der Waals surface area (Å²) >= 11 is 1.80. The van der Waals surface area contributed by atoms with Crippen LogP contribution in [0.25, 0.3) is 0 Å². The topological polar surface area (TPSA) is 38.0 Å². The van der Waals surface area contributed by atoms with Crippen molar-refractivity contribution in [2.24, 2.45) is 5.73 Å². The Labute approximate surface area is 78.3 Å². The summed E-state index contributed by atoms with van der Waals surface area (Å²) in [6.45, 7) is 6.08. The van der Waals surface area contributed by atoms with Crippen molar-refractivity contribution in [3.63, 3.8) is 0 Å². The van der Waals surface area contributed by atoms with Crippen LogP contribution in [0.1, 0.15) is 20.3 Å². The fraction of sp³-hybridized carbons (Fsp3) is 0.556. The number of nitrogens with two attached hydrogens (primary N) is 1. The van der Waals surface area contributed by atoms with E-state index in [2.05, 4.69) is 25.2 Å². The molecule has 0 aromatic heterocycles. The molecule has 0 unspecified atom stereocenters. The normalized spacial score (nSPS) is 20.0. The maximum atomic E-state index is 5.85. The van der Waals surface area contributed by atoms with Gasteiger partial charge in [0.2, 0.25) is 0 Å². The number of allylic oxidation sites excluding steroid dienone is 2. The van der Waals surface area contributed by atoms with Gasteiger partial charge in [0.1, 0.15) is 0 Å². The van der Waals surface area contributed by atoms with Gasteiger partial charge < -0.3 is 11.1 Å². The van der Waals surface area contributed by atoms with E-state index in [0.717, 1.165) is 25.2 Å². The Morgan fingerprint density at radius 2 is 2.42 bits per heavy atom. The summed E-state index contributed by atoms with van der Waals surface area (Å²) in [6, 6.07) is 0. The zero-order chi connectivity index (χ0) is 8.97. The van der Waals surface area contributed by atoms with Gasteiger partial charge in [-0.2, -0.15) is 0 Å². The summed E-state index contributed by atoms with van der Waals surface area (Å²) in [5.74, 6) is 0. The van der Waals surface area contributed by atoms with Crippen LogP contribution in [0.4, 0.5) is 0 Å². The average molecular weight is 184 g/mol. The van der Waals surface area contributed by atoms with Crippen LogP contribution in [0, 0.1) is 0 Å². The SMILES string of the molecule is C/C=C(/C)SC1=C(N)CNCC1. The Hall–Kier alpha value is -0.410. The minimum atomic E-state index is 0.847. The van der Waals surface area contributed by atoms with Crippen LogP contribution < -0.4 is 11.1 Å². The van der Waals surface area contributed by atoms with Crippen molar-refractivity contribution in [2.45, 2.75) is 20.3 Å². The molecule has 12 heavy (non-hydrogen) atoms. The van der Waals surface area contributed by atoms with E-state index in [0.29, 0.717) is 0 Å². The molecule has 3 heteroatoms.